The smallest absolute Gasteiger partial charge is 0.267 e. The Balaban J connectivity index is 2.55. The van der Waals surface area contributed by atoms with Crippen LogP contribution in [0.4, 0.5) is 11.5 Å². The Hall–Kier alpha value is -2.08. The van der Waals surface area contributed by atoms with Gasteiger partial charge >= 0.3 is 0 Å². The fourth-order valence-electron chi connectivity index (χ4n) is 2.18. The second-order valence-electron chi connectivity index (χ2n) is 4.61. The molecule has 0 atom stereocenters. The van der Waals surface area contributed by atoms with E-state index in [1.54, 1.807) is 31.4 Å². The van der Waals surface area contributed by atoms with Crippen molar-refractivity contribution < 1.29 is 8.42 Å². The van der Waals surface area contributed by atoms with Crippen molar-refractivity contribution in [3.63, 3.8) is 0 Å². The van der Waals surface area contributed by atoms with Gasteiger partial charge in [-0.3, -0.25) is 4.31 Å². The molecule has 2 rings (SSSR count). The van der Waals surface area contributed by atoms with E-state index in [1.165, 1.54) is 4.31 Å². The van der Waals surface area contributed by atoms with Gasteiger partial charge in [0.1, 0.15) is 10.7 Å². The summed E-state index contributed by atoms with van der Waals surface area (Å²) in [7, 11) is -2.00. The van der Waals surface area contributed by atoms with Crippen LogP contribution >= 0.6 is 0 Å². The second-order valence-corrected chi connectivity index (χ2v) is 6.44. The van der Waals surface area contributed by atoms with Crippen LogP contribution in [0.25, 0.3) is 0 Å². The monoisotopic (exact) mass is 305 g/mol. The lowest BCUT2D eigenvalue weighted by atomic mass is 10.2. The number of anilines is 2. The number of hydrogen-bond acceptors (Lipinski definition) is 4. The van der Waals surface area contributed by atoms with Crippen molar-refractivity contribution in [2.24, 2.45) is 0 Å². The van der Waals surface area contributed by atoms with Crippen molar-refractivity contribution in [3.8, 4) is 0 Å². The van der Waals surface area contributed by atoms with Crippen LogP contribution in [0.5, 0.6) is 0 Å². The summed E-state index contributed by atoms with van der Waals surface area (Å²) in [4.78, 5) is 4.25. The van der Waals surface area contributed by atoms with Crippen molar-refractivity contribution in [1.82, 2.24) is 4.98 Å². The van der Waals surface area contributed by atoms with Gasteiger partial charge in [-0.2, -0.15) is 0 Å². The molecule has 1 heterocycles. The number of aromatic nitrogens is 1. The molecule has 0 saturated carbocycles. The Labute approximate surface area is 125 Å². The van der Waals surface area contributed by atoms with E-state index in [0.717, 1.165) is 5.56 Å². The molecule has 0 saturated heterocycles. The SMILES string of the molecule is CCN(c1cccc(C)c1)S(=O)(=O)c1cccnc1NC. The highest BCUT2D eigenvalue weighted by molar-refractivity contribution is 7.93. The van der Waals surface area contributed by atoms with E-state index in [4.69, 9.17) is 0 Å². The normalized spacial score (nSPS) is 11.2. The third-order valence-electron chi connectivity index (χ3n) is 3.15. The summed E-state index contributed by atoms with van der Waals surface area (Å²) in [5.74, 6) is 0.351. The Bertz CT molecular complexity index is 729. The fourth-order valence-corrected chi connectivity index (χ4v) is 3.80. The molecule has 1 aromatic carbocycles. The average Bonchev–Trinajstić information content (AvgIpc) is 2.47. The van der Waals surface area contributed by atoms with E-state index < -0.39 is 10.0 Å². The molecule has 1 N–H and O–H groups in total. The maximum atomic E-state index is 12.9. The highest BCUT2D eigenvalue weighted by Crippen LogP contribution is 2.27. The summed E-state index contributed by atoms with van der Waals surface area (Å²) in [6.45, 7) is 4.10. The van der Waals surface area contributed by atoms with Gasteiger partial charge in [0.25, 0.3) is 10.0 Å². The van der Waals surface area contributed by atoms with Crippen LogP contribution < -0.4 is 9.62 Å². The molecule has 0 fully saturated rings. The molecule has 21 heavy (non-hydrogen) atoms. The minimum Gasteiger partial charge on any atom is -0.372 e. The van der Waals surface area contributed by atoms with E-state index in [-0.39, 0.29) is 4.90 Å². The summed E-state index contributed by atoms with van der Waals surface area (Å²) >= 11 is 0. The Kier molecular flexibility index (Phi) is 4.47. The van der Waals surface area contributed by atoms with Gasteiger partial charge < -0.3 is 5.32 Å². The van der Waals surface area contributed by atoms with Crippen LogP contribution in [0.2, 0.25) is 0 Å². The summed E-state index contributed by atoms with van der Waals surface area (Å²) in [6, 6.07) is 10.6. The van der Waals surface area contributed by atoms with Gasteiger partial charge in [-0.15, -0.1) is 0 Å². The summed E-state index contributed by atoms with van der Waals surface area (Å²) in [6.07, 6.45) is 1.56. The molecule has 0 spiro atoms. The van der Waals surface area contributed by atoms with E-state index in [0.29, 0.717) is 18.1 Å². The first kappa shape index (κ1) is 15.3. The summed E-state index contributed by atoms with van der Waals surface area (Å²) < 4.78 is 27.2. The molecule has 5 nitrogen and oxygen atoms in total. The van der Waals surface area contributed by atoms with Crippen molar-refractivity contribution in [1.29, 1.82) is 0 Å². The van der Waals surface area contributed by atoms with Crippen LogP contribution in [0, 0.1) is 6.92 Å². The van der Waals surface area contributed by atoms with Gasteiger partial charge in [0.05, 0.1) is 5.69 Å². The topological polar surface area (TPSA) is 62.3 Å². The molecule has 0 aliphatic rings. The van der Waals surface area contributed by atoms with Gasteiger partial charge in [0, 0.05) is 19.8 Å². The molecule has 112 valence electrons. The number of pyridine rings is 1. The number of hydrogen-bond donors (Lipinski definition) is 1. The second kappa shape index (κ2) is 6.13. The van der Waals surface area contributed by atoms with Crippen LogP contribution in [-0.2, 0) is 10.0 Å². The summed E-state index contributed by atoms with van der Waals surface area (Å²) in [5.41, 5.74) is 1.67. The van der Waals surface area contributed by atoms with Crippen LogP contribution in [0.1, 0.15) is 12.5 Å². The van der Waals surface area contributed by atoms with Gasteiger partial charge in [-0.05, 0) is 43.7 Å². The van der Waals surface area contributed by atoms with Crippen LogP contribution in [0.15, 0.2) is 47.5 Å². The number of benzene rings is 1. The predicted molar refractivity (Wildman–Crippen MR) is 85.2 cm³/mol. The minimum absolute atomic E-state index is 0.177. The first-order chi connectivity index (χ1) is 10.0. The van der Waals surface area contributed by atoms with Gasteiger partial charge in [0.15, 0.2) is 0 Å². The van der Waals surface area contributed by atoms with E-state index in [9.17, 15) is 8.42 Å². The lowest BCUT2D eigenvalue weighted by Gasteiger charge is -2.24. The molecule has 0 amide bonds. The Morgan fingerprint density at radius 2 is 2.00 bits per heavy atom. The highest BCUT2D eigenvalue weighted by Gasteiger charge is 2.26. The molecule has 1 aromatic heterocycles. The lowest BCUT2D eigenvalue weighted by molar-refractivity contribution is 0.592. The van der Waals surface area contributed by atoms with E-state index >= 15 is 0 Å². The zero-order chi connectivity index (χ0) is 15.5. The van der Waals surface area contributed by atoms with Crippen molar-refractivity contribution in [2.45, 2.75) is 18.7 Å². The predicted octanol–water partition coefficient (Wildman–Crippen LogP) is 2.65. The fraction of sp³-hybridized carbons (Fsp3) is 0.267. The standard InChI is InChI=1S/C15H19N3O2S/c1-4-18(13-8-5-7-12(2)11-13)21(19,20)14-9-6-10-17-15(14)16-3/h5-11H,4H2,1-3H3,(H,16,17). The zero-order valence-corrected chi connectivity index (χ0v) is 13.2. The summed E-state index contributed by atoms with van der Waals surface area (Å²) in [5, 5.41) is 2.83. The molecule has 6 heteroatoms. The number of aryl methyl sites for hydroxylation is 1. The third-order valence-corrected chi connectivity index (χ3v) is 5.09. The first-order valence-electron chi connectivity index (χ1n) is 6.73. The van der Waals surface area contributed by atoms with E-state index in [1.807, 2.05) is 32.0 Å². The first-order valence-corrected chi connectivity index (χ1v) is 8.17. The highest BCUT2D eigenvalue weighted by atomic mass is 32.2. The molecule has 0 bridgehead atoms. The average molecular weight is 305 g/mol. The maximum absolute atomic E-state index is 12.9. The van der Waals surface area contributed by atoms with Crippen molar-refractivity contribution in [2.75, 3.05) is 23.2 Å². The lowest BCUT2D eigenvalue weighted by Crippen LogP contribution is -2.31. The number of sulfonamides is 1. The molecular weight excluding hydrogens is 286 g/mol. The Morgan fingerprint density at radius 3 is 2.62 bits per heavy atom. The largest absolute Gasteiger partial charge is 0.372 e. The quantitative estimate of drug-likeness (QED) is 0.922. The maximum Gasteiger partial charge on any atom is 0.267 e. The van der Waals surface area contributed by atoms with E-state index in [2.05, 4.69) is 10.3 Å². The molecular formula is C15H19N3O2S. The molecule has 0 unspecified atom stereocenters. The third kappa shape index (κ3) is 3.00. The van der Waals surface area contributed by atoms with Crippen molar-refractivity contribution in [3.05, 3.63) is 48.2 Å². The van der Waals surface area contributed by atoms with Crippen LogP contribution in [0.3, 0.4) is 0 Å². The number of nitrogens with one attached hydrogen (secondary N) is 1. The number of rotatable bonds is 5. The molecule has 0 aliphatic carbocycles. The number of nitrogens with zero attached hydrogens (tertiary/aromatic N) is 2. The van der Waals surface area contributed by atoms with Crippen molar-refractivity contribution >= 4 is 21.5 Å². The van der Waals surface area contributed by atoms with Gasteiger partial charge in [0.2, 0.25) is 0 Å². The Morgan fingerprint density at radius 1 is 1.24 bits per heavy atom. The molecule has 2 aromatic rings. The molecule has 0 aliphatic heterocycles. The van der Waals surface area contributed by atoms with Gasteiger partial charge in [-0.25, -0.2) is 13.4 Å². The molecule has 0 radical (unpaired) electrons. The minimum atomic E-state index is -3.66. The van der Waals surface area contributed by atoms with Gasteiger partial charge in [-0.1, -0.05) is 12.1 Å². The van der Waals surface area contributed by atoms with Crippen LogP contribution in [-0.4, -0.2) is 27.0 Å². The zero-order valence-electron chi connectivity index (χ0n) is 12.4.